The maximum absolute atomic E-state index is 12.1. The van der Waals surface area contributed by atoms with Crippen molar-refractivity contribution in [2.24, 2.45) is 0 Å². The zero-order chi connectivity index (χ0) is 13.4. The molecule has 0 radical (unpaired) electrons. The van der Waals surface area contributed by atoms with Gasteiger partial charge in [-0.2, -0.15) is 0 Å². The summed E-state index contributed by atoms with van der Waals surface area (Å²) in [5, 5.41) is 15.0. The van der Waals surface area contributed by atoms with E-state index in [9.17, 15) is 14.7 Å². The van der Waals surface area contributed by atoms with Crippen molar-refractivity contribution in [3.05, 3.63) is 41.1 Å². The van der Waals surface area contributed by atoms with E-state index in [1.165, 1.54) is 0 Å². The van der Waals surface area contributed by atoms with Crippen LogP contribution in [-0.2, 0) is 4.79 Å². The largest absolute Gasteiger partial charge is 0.508 e. The number of allylic oxidation sites excluding steroid dienone is 1. The fourth-order valence-electron chi connectivity index (χ4n) is 2.66. The molecule has 1 heterocycles. The minimum absolute atomic E-state index is 0.0575. The summed E-state index contributed by atoms with van der Waals surface area (Å²) in [6.45, 7) is 0. The predicted octanol–water partition coefficient (Wildman–Crippen LogP) is 1.75. The van der Waals surface area contributed by atoms with Gasteiger partial charge in [-0.1, -0.05) is 12.1 Å². The number of ketones is 1. The molecule has 1 atom stereocenters. The average Bonchev–Trinajstić information content (AvgIpc) is 2.37. The Balaban J connectivity index is 2.08. The molecule has 5 heteroatoms. The Morgan fingerprint density at radius 1 is 1.21 bits per heavy atom. The number of urea groups is 1. The van der Waals surface area contributed by atoms with Crippen LogP contribution >= 0.6 is 0 Å². The van der Waals surface area contributed by atoms with Crippen molar-refractivity contribution in [3.8, 4) is 5.75 Å². The summed E-state index contributed by atoms with van der Waals surface area (Å²) in [6, 6.07) is 5.85. The van der Waals surface area contributed by atoms with Gasteiger partial charge in [0.15, 0.2) is 5.78 Å². The number of benzene rings is 1. The molecule has 1 aliphatic heterocycles. The van der Waals surface area contributed by atoms with Crippen LogP contribution in [0.5, 0.6) is 5.75 Å². The highest BCUT2D eigenvalue weighted by Gasteiger charge is 2.34. The van der Waals surface area contributed by atoms with Crippen LogP contribution in [0.1, 0.15) is 30.9 Å². The lowest BCUT2D eigenvalue weighted by molar-refractivity contribution is -0.116. The monoisotopic (exact) mass is 258 g/mol. The van der Waals surface area contributed by atoms with Gasteiger partial charge in [-0.3, -0.25) is 4.79 Å². The van der Waals surface area contributed by atoms with Crippen molar-refractivity contribution in [1.29, 1.82) is 0 Å². The van der Waals surface area contributed by atoms with E-state index in [2.05, 4.69) is 10.6 Å². The summed E-state index contributed by atoms with van der Waals surface area (Å²) >= 11 is 0. The Morgan fingerprint density at radius 3 is 2.84 bits per heavy atom. The lowest BCUT2D eigenvalue weighted by Gasteiger charge is -2.32. The first kappa shape index (κ1) is 11.8. The van der Waals surface area contributed by atoms with Crippen LogP contribution in [0.2, 0.25) is 0 Å². The van der Waals surface area contributed by atoms with Crippen molar-refractivity contribution in [2.45, 2.75) is 25.3 Å². The quantitative estimate of drug-likeness (QED) is 0.718. The van der Waals surface area contributed by atoms with Gasteiger partial charge >= 0.3 is 6.03 Å². The number of rotatable bonds is 1. The van der Waals surface area contributed by atoms with Crippen molar-refractivity contribution in [3.63, 3.8) is 0 Å². The van der Waals surface area contributed by atoms with Gasteiger partial charge in [0, 0.05) is 17.7 Å². The van der Waals surface area contributed by atoms with E-state index in [0.717, 1.165) is 12.0 Å². The zero-order valence-electron chi connectivity index (χ0n) is 10.3. The number of hydrogen-bond acceptors (Lipinski definition) is 3. The van der Waals surface area contributed by atoms with Crippen LogP contribution in [0.3, 0.4) is 0 Å². The fraction of sp³-hybridized carbons (Fsp3) is 0.286. The number of phenolic OH excluding ortho intramolecular Hbond substituents is 1. The summed E-state index contributed by atoms with van der Waals surface area (Å²) in [5.41, 5.74) is 2.06. The summed E-state index contributed by atoms with van der Waals surface area (Å²) in [6.07, 6.45) is 1.99. The van der Waals surface area contributed by atoms with E-state index < -0.39 is 6.04 Å². The Hall–Kier alpha value is -2.30. The molecular formula is C14H14N2O3. The van der Waals surface area contributed by atoms with Gasteiger partial charge in [0.1, 0.15) is 5.75 Å². The van der Waals surface area contributed by atoms with Crippen LogP contribution in [0.15, 0.2) is 35.5 Å². The number of carbonyl (C=O) groups is 2. The van der Waals surface area contributed by atoms with Gasteiger partial charge < -0.3 is 15.7 Å². The minimum atomic E-state index is -0.469. The van der Waals surface area contributed by atoms with Gasteiger partial charge in [-0.15, -0.1) is 0 Å². The van der Waals surface area contributed by atoms with Crippen molar-refractivity contribution >= 4 is 11.8 Å². The first-order valence-electron chi connectivity index (χ1n) is 6.28. The number of phenols is 1. The van der Waals surface area contributed by atoms with Crippen molar-refractivity contribution in [1.82, 2.24) is 10.6 Å². The van der Waals surface area contributed by atoms with E-state index in [1.807, 2.05) is 0 Å². The second-order valence-corrected chi connectivity index (χ2v) is 4.80. The lowest BCUT2D eigenvalue weighted by Crippen LogP contribution is -2.46. The van der Waals surface area contributed by atoms with Gasteiger partial charge in [0.2, 0.25) is 0 Å². The van der Waals surface area contributed by atoms with Crippen molar-refractivity contribution < 1.29 is 14.7 Å². The number of hydrogen-bond donors (Lipinski definition) is 3. The molecular weight excluding hydrogens is 244 g/mol. The molecule has 1 aromatic carbocycles. The Kier molecular flexibility index (Phi) is 2.74. The molecule has 0 fully saturated rings. The molecule has 3 N–H and O–H groups in total. The van der Waals surface area contributed by atoms with Gasteiger partial charge in [-0.25, -0.2) is 4.79 Å². The molecule has 2 aliphatic rings. The van der Waals surface area contributed by atoms with Crippen LogP contribution in [0.4, 0.5) is 4.79 Å². The van der Waals surface area contributed by atoms with Gasteiger partial charge in [0.25, 0.3) is 0 Å². The highest BCUT2D eigenvalue weighted by Crippen LogP contribution is 2.34. The molecule has 1 aromatic rings. The lowest BCUT2D eigenvalue weighted by atomic mass is 9.85. The molecule has 1 aliphatic carbocycles. The number of nitrogens with one attached hydrogen (secondary N) is 2. The Morgan fingerprint density at radius 2 is 2.05 bits per heavy atom. The molecule has 19 heavy (non-hydrogen) atoms. The molecule has 5 nitrogen and oxygen atoms in total. The van der Waals surface area contributed by atoms with E-state index in [-0.39, 0.29) is 17.6 Å². The highest BCUT2D eigenvalue weighted by molar-refractivity contribution is 6.00. The van der Waals surface area contributed by atoms with Crippen LogP contribution in [0.25, 0.3) is 0 Å². The molecule has 3 rings (SSSR count). The summed E-state index contributed by atoms with van der Waals surface area (Å²) in [4.78, 5) is 23.8. The maximum Gasteiger partial charge on any atom is 0.319 e. The summed E-state index contributed by atoms with van der Waals surface area (Å²) in [7, 11) is 0. The number of amides is 2. The van der Waals surface area contributed by atoms with E-state index >= 15 is 0 Å². The third-order valence-electron chi connectivity index (χ3n) is 3.49. The molecule has 1 unspecified atom stereocenters. The number of Topliss-reactive ketones (excluding diaryl/α,β-unsaturated/α-hetero) is 1. The number of carbonyl (C=O) groups excluding carboxylic acids is 2. The standard InChI is InChI=1S/C14H14N2O3/c17-9-4-1-3-8(7-9)13-12-10(15-14(19)16-13)5-2-6-11(12)18/h1,3-4,7,13,17H,2,5-6H2,(H2,15,16,19). The minimum Gasteiger partial charge on any atom is -0.508 e. The predicted molar refractivity (Wildman–Crippen MR) is 68.4 cm³/mol. The highest BCUT2D eigenvalue weighted by atomic mass is 16.3. The SMILES string of the molecule is O=C1NC2=C(C(=O)CCC2)C(c2cccc(O)c2)N1. The van der Waals surface area contributed by atoms with E-state index in [4.69, 9.17) is 0 Å². The molecule has 0 aromatic heterocycles. The molecule has 2 amide bonds. The summed E-state index contributed by atoms with van der Waals surface area (Å²) in [5.74, 6) is 0.179. The maximum atomic E-state index is 12.1. The fourth-order valence-corrected chi connectivity index (χ4v) is 2.66. The Labute approximate surface area is 110 Å². The second kappa shape index (κ2) is 4.42. The van der Waals surface area contributed by atoms with Gasteiger partial charge in [-0.05, 0) is 30.5 Å². The first-order valence-corrected chi connectivity index (χ1v) is 6.28. The number of aromatic hydroxyl groups is 1. The molecule has 0 spiro atoms. The average molecular weight is 258 g/mol. The summed E-state index contributed by atoms with van der Waals surface area (Å²) < 4.78 is 0. The van der Waals surface area contributed by atoms with Gasteiger partial charge in [0.05, 0.1) is 6.04 Å². The smallest absolute Gasteiger partial charge is 0.319 e. The van der Waals surface area contributed by atoms with Crippen molar-refractivity contribution in [2.75, 3.05) is 0 Å². The van der Waals surface area contributed by atoms with E-state index in [0.29, 0.717) is 24.1 Å². The van der Waals surface area contributed by atoms with Crippen LogP contribution < -0.4 is 10.6 Å². The molecule has 0 bridgehead atoms. The topological polar surface area (TPSA) is 78.4 Å². The third-order valence-corrected chi connectivity index (χ3v) is 3.49. The zero-order valence-corrected chi connectivity index (χ0v) is 10.3. The molecule has 0 saturated carbocycles. The molecule has 98 valence electrons. The van der Waals surface area contributed by atoms with Crippen LogP contribution in [0, 0.1) is 0 Å². The second-order valence-electron chi connectivity index (χ2n) is 4.80. The third kappa shape index (κ3) is 2.07. The van der Waals surface area contributed by atoms with Crippen LogP contribution in [-0.4, -0.2) is 16.9 Å². The van der Waals surface area contributed by atoms with E-state index in [1.54, 1.807) is 24.3 Å². The molecule has 0 saturated heterocycles. The normalized spacial score (nSPS) is 22.6. The Bertz CT molecular complexity index is 592. The first-order chi connectivity index (χ1) is 9.15.